The highest BCUT2D eigenvalue weighted by molar-refractivity contribution is 7.61. The zero-order valence-electron chi connectivity index (χ0n) is 32.5. The number of carbonyl (C=O) groups is 3. The Hall–Kier alpha value is -2.21. The second-order valence-electron chi connectivity index (χ2n) is 17.3. The lowest BCUT2D eigenvalue weighted by Gasteiger charge is -2.64. The van der Waals surface area contributed by atoms with Gasteiger partial charge in [-0.2, -0.15) is 4.31 Å². The number of aliphatic hydroxyl groups is 1. The number of ether oxygens (including phenoxy) is 3. The van der Waals surface area contributed by atoms with Crippen molar-refractivity contribution in [1.82, 2.24) is 5.32 Å². The van der Waals surface area contributed by atoms with Gasteiger partial charge in [-0.15, -0.1) is 11.8 Å². The fourth-order valence-corrected chi connectivity index (χ4v) is 13.7. The number of ketones is 2. The van der Waals surface area contributed by atoms with Crippen LogP contribution in [0.3, 0.4) is 0 Å². The van der Waals surface area contributed by atoms with Crippen molar-refractivity contribution in [3.8, 4) is 11.8 Å². The van der Waals surface area contributed by atoms with Crippen molar-refractivity contribution in [3.05, 3.63) is 23.8 Å². The van der Waals surface area contributed by atoms with Crippen LogP contribution in [0.1, 0.15) is 91.9 Å². The predicted molar refractivity (Wildman–Crippen MR) is 199 cm³/mol. The molecule has 17 heteroatoms. The van der Waals surface area contributed by atoms with Gasteiger partial charge in [-0.1, -0.05) is 45.8 Å². The number of hydrogen-bond donors (Lipinski definition) is 4. The van der Waals surface area contributed by atoms with Crippen LogP contribution in [0.25, 0.3) is 0 Å². The summed E-state index contributed by atoms with van der Waals surface area (Å²) in [6.45, 7) is 6.40. The summed E-state index contributed by atoms with van der Waals surface area (Å²) in [7, 11) is -10.6. The minimum atomic E-state index is -5.39. The van der Waals surface area contributed by atoms with Crippen molar-refractivity contribution in [2.24, 2.45) is 45.8 Å². The van der Waals surface area contributed by atoms with Gasteiger partial charge in [-0.3, -0.25) is 18.6 Å². The summed E-state index contributed by atoms with van der Waals surface area (Å²) < 4.78 is 58.3. The van der Waals surface area contributed by atoms with Crippen molar-refractivity contribution < 1.29 is 66.0 Å². The molecule has 6 aliphatic carbocycles. The molecular weight excluding hydrogens is 768 g/mol. The monoisotopic (exact) mass is 823 g/mol. The van der Waals surface area contributed by atoms with Gasteiger partial charge in [0.1, 0.15) is 6.61 Å². The topological polar surface area (TPSA) is 213 Å². The van der Waals surface area contributed by atoms with E-state index in [1.807, 2.05) is 26.8 Å². The van der Waals surface area contributed by atoms with Crippen LogP contribution in [0.15, 0.2) is 23.8 Å². The summed E-state index contributed by atoms with van der Waals surface area (Å²) in [5.41, 5.74) is -2.91. The molecule has 7 aliphatic rings. The van der Waals surface area contributed by atoms with Crippen LogP contribution in [0.2, 0.25) is 0 Å². The number of carbonyl (C=O) groups excluding carboxylic acids is 3. The maximum atomic E-state index is 14.5. The van der Waals surface area contributed by atoms with Crippen LogP contribution in [-0.2, 0) is 46.3 Å². The molecule has 56 heavy (non-hydrogen) atoms. The molecule has 7 rings (SSSR count). The quantitative estimate of drug-likeness (QED) is 0.0964. The largest absolute Gasteiger partial charge is 0.481 e. The zero-order chi connectivity index (χ0) is 40.3. The Kier molecular flexibility index (Phi) is 11.6. The molecular formula is C39H55NO14P2. The minimum Gasteiger partial charge on any atom is -0.449 e. The molecule has 15 nitrogen and oxygen atoms in total. The van der Waals surface area contributed by atoms with Gasteiger partial charge in [0, 0.05) is 36.1 Å². The number of aliphatic hydroxyl groups excluding tert-OH is 1. The van der Waals surface area contributed by atoms with Gasteiger partial charge in [0.25, 0.3) is 0 Å². The van der Waals surface area contributed by atoms with Crippen LogP contribution in [-0.4, -0.2) is 83.0 Å². The van der Waals surface area contributed by atoms with E-state index >= 15 is 0 Å². The number of allylic oxidation sites excluding steroid dienone is 4. The van der Waals surface area contributed by atoms with Gasteiger partial charge in [0.05, 0.1) is 25.4 Å². The summed E-state index contributed by atoms with van der Waals surface area (Å²) in [6.07, 6.45) is 8.66. The van der Waals surface area contributed by atoms with Crippen molar-refractivity contribution in [3.63, 3.8) is 0 Å². The average Bonchev–Trinajstić information content (AvgIpc) is 3.53. The van der Waals surface area contributed by atoms with Crippen LogP contribution in [0.4, 0.5) is 4.79 Å². The lowest BCUT2D eigenvalue weighted by Crippen LogP contribution is -2.66. The molecule has 0 aromatic carbocycles. The Morgan fingerprint density at radius 1 is 1.04 bits per heavy atom. The third-order valence-corrected chi connectivity index (χ3v) is 17.1. The van der Waals surface area contributed by atoms with E-state index in [1.165, 1.54) is 0 Å². The second kappa shape index (κ2) is 15.4. The Bertz CT molecular complexity index is 1810. The van der Waals surface area contributed by atoms with E-state index in [0.29, 0.717) is 43.9 Å². The summed E-state index contributed by atoms with van der Waals surface area (Å²) in [5.74, 6) is 6.39. The Morgan fingerprint density at radius 2 is 1.73 bits per heavy atom. The molecule has 1 aliphatic heterocycles. The fraction of sp³-hybridized carbons (Fsp3) is 0.769. The van der Waals surface area contributed by atoms with Crippen molar-refractivity contribution in [1.29, 1.82) is 0 Å². The van der Waals surface area contributed by atoms with Crippen LogP contribution < -0.4 is 5.32 Å². The van der Waals surface area contributed by atoms with E-state index in [9.17, 15) is 38.4 Å². The van der Waals surface area contributed by atoms with E-state index in [2.05, 4.69) is 28.4 Å². The molecule has 0 bridgehead atoms. The van der Waals surface area contributed by atoms with Crippen LogP contribution in [0.5, 0.6) is 0 Å². The first-order valence-corrected chi connectivity index (χ1v) is 22.9. The first-order valence-electron chi connectivity index (χ1n) is 19.9. The molecule has 5 fully saturated rings. The molecule has 0 aromatic heterocycles. The zero-order valence-corrected chi connectivity index (χ0v) is 34.3. The van der Waals surface area contributed by atoms with Gasteiger partial charge in [0.2, 0.25) is 0 Å². The number of phosphoric acid groups is 2. The molecule has 0 aromatic rings. The van der Waals surface area contributed by atoms with E-state index < -0.39 is 81.1 Å². The Balaban J connectivity index is 0.965. The lowest BCUT2D eigenvalue weighted by atomic mass is 9.41. The van der Waals surface area contributed by atoms with E-state index in [1.54, 1.807) is 12.2 Å². The van der Waals surface area contributed by atoms with E-state index in [4.69, 9.17) is 23.3 Å². The van der Waals surface area contributed by atoms with Crippen molar-refractivity contribution >= 4 is 33.3 Å². The van der Waals surface area contributed by atoms with E-state index in [0.717, 1.165) is 31.3 Å². The summed E-state index contributed by atoms with van der Waals surface area (Å²) >= 11 is 0. The first kappa shape index (κ1) is 41.9. The molecule has 310 valence electrons. The average molecular weight is 824 g/mol. The predicted octanol–water partition coefficient (Wildman–Crippen LogP) is 5.53. The number of phosphoric ester groups is 2. The van der Waals surface area contributed by atoms with Gasteiger partial charge in [-0.25, -0.2) is 13.9 Å². The van der Waals surface area contributed by atoms with Gasteiger partial charge < -0.3 is 34.4 Å². The van der Waals surface area contributed by atoms with Gasteiger partial charge in [-0.05, 0) is 86.2 Å². The summed E-state index contributed by atoms with van der Waals surface area (Å²) in [5, 5.41) is 14.4. The van der Waals surface area contributed by atoms with Gasteiger partial charge in [0.15, 0.2) is 23.5 Å². The van der Waals surface area contributed by atoms with Crippen LogP contribution in [0, 0.1) is 57.7 Å². The number of nitrogens with one attached hydrogen (secondary N) is 1. The molecule has 0 spiro atoms. The van der Waals surface area contributed by atoms with Crippen molar-refractivity contribution in [2.45, 2.75) is 116 Å². The molecule has 4 saturated carbocycles. The summed E-state index contributed by atoms with van der Waals surface area (Å²) in [4.78, 5) is 59.7. The SMILES string of the molecule is CCCC1O[C@@H]2C[C@@]3(C)[C@@H]4CCC5=CC(=O)C=C[C@]5(C)[C@H]4[C@@H](O)C[C@]3(C)[C@]2(C(=O)COP(=O)(O)OP(=O)(O)OCCNC(=O)OCC2C3CCC#CCCC32)O1. The molecule has 4 N–H and O–H groups in total. The number of Topliss-reactive ketones (excluding diaryl/α,β-unsaturated/α-hetero) is 1. The maximum Gasteiger partial charge on any atom is 0.481 e. The Morgan fingerprint density at radius 3 is 2.43 bits per heavy atom. The smallest absolute Gasteiger partial charge is 0.449 e. The fourth-order valence-electron chi connectivity index (χ4n) is 11.6. The molecule has 1 saturated heterocycles. The maximum absolute atomic E-state index is 14.5. The number of hydrogen-bond acceptors (Lipinski definition) is 12. The highest BCUT2D eigenvalue weighted by Crippen LogP contribution is 2.75. The Labute approximate surface area is 327 Å². The number of amides is 1. The highest BCUT2D eigenvalue weighted by atomic mass is 31.3. The third kappa shape index (κ3) is 7.35. The number of fused-ring (bicyclic) bond motifs is 8. The standard InChI is InChI=1S/C39H55NO14P2/c1-5-10-33-52-32-21-37(3)29-14-13-24-19-25(41)15-16-36(24,2)34(29)30(42)20-38(37,4)39(32,53-33)31(43)23-51-56(47,48)54-55(45,46)50-18-17-40-35(44)49-22-28-26-11-8-6-7-9-12-27(26)28/h15-16,19,26-30,32-34,42H,5,8-14,17-18,20-23H2,1-4H3,(H,40,44)(H,45,46)(H,47,48)/t26?,27?,28?,29-,30+,32-,33?,34-,36+,37+,38+,39-/m1/s1. The third-order valence-electron chi connectivity index (χ3n) is 14.5. The molecule has 0 radical (unpaired) electrons. The molecule has 1 heterocycles. The molecule has 5 unspecified atom stereocenters. The summed E-state index contributed by atoms with van der Waals surface area (Å²) in [6, 6.07) is 0. The normalized spacial score (nSPS) is 42.7. The number of alkyl carbamates (subject to hydrolysis) is 1. The van der Waals surface area contributed by atoms with Crippen molar-refractivity contribution in [2.75, 3.05) is 26.4 Å². The molecule has 13 atom stereocenters. The number of rotatable bonds is 14. The minimum absolute atomic E-state index is 0.0764. The lowest BCUT2D eigenvalue weighted by molar-refractivity contribution is -0.225. The van der Waals surface area contributed by atoms with Gasteiger partial charge >= 0.3 is 21.7 Å². The second-order valence-corrected chi connectivity index (χ2v) is 20.3. The first-order chi connectivity index (χ1) is 26.4. The highest BCUT2D eigenvalue weighted by Gasteiger charge is 2.80. The van der Waals surface area contributed by atoms with E-state index in [-0.39, 0.29) is 43.1 Å². The van der Waals surface area contributed by atoms with Crippen LogP contribution >= 0.6 is 15.6 Å². The molecule has 1 amide bonds.